The van der Waals surface area contributed by atoms with Gasteiger partial charge in [-0.3, -0.25) is 4.79 Å². The Morgan fingerprint density at radius 3 is 2.18 bits per heavy atom. The van der Waals surface area contributed by atoms with E-state index in [2.05, 4.69) is 6.07 Å². The minimum absolute atomic E-state index is 0.268. The Morgan fingerprint density at radius 1 is 1.00 bits per heavy atom. The number of benzene rings is 1. The zero-order valence-corrected chi connectivity index (χ0v) is 11.0. The summed E-state index contributed by atoms with van der Waals surface area (Å²) in [5, 5.41) is 0. The summed E-state index contributed by atoms with van der Waals surface area (Å²) in [7, 11) is 0. The van der Waals surface area contributed by atoms with E-state index in [9.17, 15) is 4.79 Å². The molecule has 0 fully saturated rings. The van der Waals surface area contributed by atoms with Crippen LogP contribution in [0.15, 0.2) is 18.2 Å². The molecule has 0 aliphatic heterocycles. The zero-order chi connectivity index (χ0) is 12.7. The highest BCUT2D eigenvalue weighted by molar-refractivity contribution is 5.96. The highest BCUT2D eigenvalue weighted by Gasteiger charge is 2.06. The molecule has 2 N–H and O–H groups in total. The fourth-order valence-corrected chi connectivity index (χ4v) is 2.06. The van der Waals surface area contributed by atoms with E-state index >= 15 is 0 Å². The summed E-state index contributed by atoms with van der Waals surface area (Å²) in [4.78, 5) is 12.0. The van der Waals surface area contributed by atoms with E-state index in [1.807, 2.05) is 26.0 Å². The topological polar surface area (TPSA) is 43.1 Å². The average Bonchev–Trinajstić information content (AvgIpc) is 2.27. The highest BCUT2D eigenvalue weighted by atomic mass is 16.1. The number of hydrogen-bond donors (Lipinski definition) is 1. The number of rotatable bonds is 7. The van der Waals surface area contributed by atoms with Crippen LogP contribution in [-0.4, -0.2) is 12.3 Å². The van der Waals surface area contributed by atoms with Gasteiger partial charge in [-0.25, -0.2) is 0 Å². The predicted octanol–water partition coefficient (Wildman–Crippen LogP) is 3.40. The Morgan fingerprint density at radius 2 is 1.59 bits per heavy atom. The van der Waals surface area contributed by atoms with Gasteiger partial charge in [0.2, 0.25) is 0 Å². The summed E-state index contributed by atoms with van der Waals surface area (Å²) in [6.07, 6.45) is 4.95. The second kappa shape index (κ2) is 7.23. The number of carbonyl (C=O) groups is 1. The maximum atomic E-state index is 12.0. The van der Waals surface area contributed by atoms with Gasteiger partial charge in [-0.2, -0.15) is 0 Å². The SMILES string of the molecule is Cc1cc(C)cc(C(=O)CCCCCCN)c1. The minimum Gasteiger partial charge on any atom is -0.330 e. The summed E-state index contributed by atoms with van der Waals surface area (Å²) in [6, 6.07) is 6.06. The first-order chi connectivity index (χ1) is 8.13. The standard InChI is InChI=1S/C15H23NO/c1-12-9-13(2)11-14(10-12)15(17)7-5-3-4-6-8-16/h9-11H,3-8,16H2,1-2H3. The number of ketones is 1. The zero-order valence-electron chi connectivity index (χ0n) is 11.0. The maximum Gasteiger partial charge on any atom is 0.162 e. The van der Waals surface area contributed by atoms with Crippen molar-refractivity contribution >= 4 is 5.78 Å². The molecule has 0 heterocycles. The summed E-state index contributed by atoms with van der Waals surface area (Å²) in [6.45, 7) is 4.82. The lowest BCUT2D eigenvalue weighted by molar-refractivity contribution is 0.0979. The molecule has 0 amide bonds. The highest BCUT2D eigenvalue weighted by Crippen LogP contribution is 2.13. The Kier molecular flexibility index (Phi) is 5.92. The molecule has 1 aromatic rings. The molecule has 0 saturated carbocycles. The smallest absolute Gasteiger partial charge is 0.162 e. The van der Waals surface area contributed by atoms with Gasteiger partial charge in [-0.05, 0) is 45.4 Å². The van der Waals surface area contributed by atoms with Crippen molar-refractivity contribution in [3.63, 3.8) is 0 Å². The van der Waals surface area contributed by atoms with Crippen molar-refractivity contribution in [3.05, 3.63) is 34.9 Å². The van der Waals surface area contributed by atoms with Crippen LogP contribution < -0.4 is 5.73 Å². The molecule has 94 valence electrons. The minimum atomic E-state index is 0.268. The van der Waals surface area contributed by atoms with E-state index in [4.69, 9.17) is 5.73 Å². The summed E-state index contributed by atoms with van der Waals surface area (Å²) in [5.74, 6) is 0.268. The molecule has 0 radical (unpaired) electrons. The Hall–Kier alpha value is -1.15. The van der Waals surface area contributed by atoms with Crippen LogP contribution >= 0.6 is 0 Å². The van der Waals surface area contributed by atoms with Crippen molar-refractivity contribution in [2.75, 3.05) is 6.54 Å². The molecule has 0 aliphatic rings. The predicted molar refractivity (Wildman–Crippen MR) is 72.4 cm³/mol. The van der Waals surface area contributed by atoms with Gasteiger partial charge in [0.15, 0.2) is 5.78 Å². The average molecular weight is 233 g/mol. The van der Waals surface area contributed by atoms with Crippen molar-refractivity contribution in [1.29, 1.82) is 0 Å². The van der Waals surface area contributed by atoms with E-state index < -0.39 is 0 Å². The molecule has 0 aromatic heterocycles. The van der Waals surface area contributed by atoms with Gasteiger partial charge >= 0.3 is 0 Å². The summed E-state index contributed by atoms with van der Waals surface area (Å²) >= 11 is 0. The van der Waals surface area contributed by atoms with Crippen molar-refractivity contribution in [2.45, 2.75) is 46.0 Å². The third-order valence-electron chi connectivity index (χ3n) is 2.90. The van der Waals surface area contributed by atoms with Gasteiger partial charge in [0.1, 0.15) is 0 Å². The number of carbonyl (C=O) groups excluding carboxylic acids is 1. The van der Waals surface area contributed by atoms with E-state index in [0.29, 0.717) is 6.42 Å². The molecule has 2 nitrogen and oxygen atoms in total. The molecule has 0 atom stereocenters. The van der Waals surface area contributed by atoms with Crippen molar-refractivity contribution in [1.82, 2.24) is 0 Å². The van der Waals surface area contributed by atoms with Crippen LogP contribution in [-0.2, 0) is 0 Å². The van der Waals surface area contributed by atoms with E-state index in [-0.39, 0.29) is 5.78 Å². The van der Waals surface area contributed by atoms with Crippen LogP contribution in [0.3, 0.4) is 0 Å². The molecule has 2 heteroatoms. The number of hydrogen-bond acceptors (Lipinski definition) is 2. The Bertz CT molecular complexity index is 351. The molecular formula is C15H23NO. The van der Waals surface area contributed by atoms with Crippen LogP contribution in [0.1, 0.15) is 53.6 Å². The van der Waals surface area contributed by atoms with Gasteiger partial charge < -0.3 is 5.73 Å². The normalized spacial score (nSPS) is 10.5. The fraction of sp³-hybridized carbons (Fsp3) is 0.533. The molecule has 0 saturated heterocycles. The largest absolute Gasteiger partial charge is 0.330 e. The lowest BCUT2D eigenvalue weighted by atomic mass is 10.0. The first kappa shape index (κ1) is 13.9. The van der Waals surface area contributed by atoms with Gasteiger partial charge in [0.25, 0.3) is 0 Å². The van der Waals surface area contributed by atoms with Gasteiger partial charge in [0.05, 0.1) is 0 Å². The number of Topliss-reactive ketones (excluding diaryl/α,β-unsaturated/α-hetero) is 1. The molecule has 0 aliphatic carbocycles. The van der Waals surface area contributed by atoms with E-state index in [0.717, 1.165) is 48.9 Å². The number of nitrogens with two attached hydrogens (primary N) is 1. The Balaban J connectivity index is 2.41. The lowest BCUT2D eigenvalue weighted by Crippen LogP contribution is -2.01. The molecule has 1 aromatic carbocycles. The molecule has 0 spiro atoms. The summed E-state index contributed by atoms with van der Waals surface area (Å²) < 4.78 is 0. The first-order valence-corrected chi connectivity index (χ1v) is 6.45. The number of unbranched alkanes of at least 4 members (excludes halogenated alkanes) is 3. The molecular weight excluding hydrogens is 210 g/mol. The third-order valence-corrected chi connectivity index (χ3v) is 2.90. The second-order valence-electron chi connectivity index (χ2n) is 4.75. The molecule has 17 heavy (non-hydrogen) atoms. The van der Waals surface area contributed by atoms with Crippen LogP contribution in [0.25, 0.3) is 0 Å². The van der Waals surface area contributed by atoms with Crippen molar-refractivity contribution in [3.8, 4) is 0 Å². The van der Waals surface area contributed by atoms with Crippen LogP contribution in [0.5, 0.6) is 0 Å². The molecule has 1 rings (SSSR count). The summed E-state index contributed by atoms with van der Waals surface area (Å²) in [5.41, 5.74) is 8.62. The van der Waals surface area contributed by atoms with E-state index in [1.165, 1.54) is 0 Å². The van der Waals surface area contributed by atoms with Crippen molar-refractivity contribution in [2.24, 2.45) is 5.73 Å². The maximum absolute atomic E-state index is 12.0. The monoisotopic (exact) mass is 233 g/mol. The Labute approximate surface area is 104 Å². The lowest BCUT2D eigenvalue weighted by Gasteiger charge is -2.04. The quantitative estimate of drug-likeness (QED) is 0.579. The van der Waals surface area contributed by atoms with Crippen LogP contribution in [0, 0.1) is 13.8 Å². The van der Waals surface area contributed by atoms with E-state index in [1.54, 1.807) is 0 Å². The first-order valence-electron chi connectivity index (χ1n) is 6.45. The van der Waals surface area contributed by atoms with Gasteiger partial charge in [-0.1, -0.05) is 30.0 Å². The second-order valence-corrected chi connectivity index (χ2v) is 4.75. The van der Waals surface area contributed by atoms with Gasteiger partial charge in [-0.15, -0.1) is 0 Å². The van der Waals surface area contributed by atoms with Crippen LogP contribution in [0.4, 0.5) is 0 Å². The van der Waals surface area contributed by atoms with Crippen molar-refractivity contribution < 1.29 is 4.79 Å². The molecule has 0 unspecified atom stereocenters. The van der Waals surface area contributed by atoms with Crippen LogP contribution in [0.2, 0.25) is 0 Å². The van der Waals surface area contributed by atoms with Gasteiger partial charge in [0, 0.05) is 12.0 Å². The third kappa shape index (κ3) is 5.14. The number of aryl methyl sites for hydroxylation is 2. The molecule has 0 bridgehead atoms. The fourth-order valence-electron chi connectivity index (χ4n) is 2.06.